The number of carbonyl (C=O) groups is 1. The maximum absolute atomic E-state index is 12.2. The van der Waals surface area contributed by atoms with Crippen molar-refractivity contribution >= 4 is 5.91 Å². The predicted molar refractivity (Wildman–Crippen MR) is 87.3 cm³/mol. The molecule has 3 N–H and O–H groups in total. The highest BCUT2D eigenvalue weighted by molar-refractivity contribution is 5.93. The van der Waals surface area contributed by atoms with Gasteiger partial charge in [0.05, 0.1) is 5.69 Å². The molecule has 3 heterocycles. The third-order valence-electron chi connectivity index (χ3n) is 3.66. The topological polar surface area (TPSA) is 116 Å². The number of aromatic nitrogens is 5. The SMILES string of the molecule is Cc1n[nH]c(C)c1CNC(=O)c1cnc(-c2ccccn2)[nH]c1=O. The van der Waals surface area contributed by atoms with E-state index in [2.05, 4.69) is 30.5 Å². The average molecular weight is 324 g/mol. The van der Waals surface area contributed by atoms with Crippen molar-refractivity contribution in [3.63, 3.8) is 0 Å². The molecule has 3 aromatic heterocycles. The molecule has 0 bridgehead atoms. The van der Waals surface area contributed by atoms with Crippen LogP contribution in [0.1, 0.15) is 27.3 Å². The highest BCUT2D eigenvalue weighted by Crippen LogP contribution is 2.10. The van der Waals surface area contributed by atoms with Crippen LogP contribution in [0.15, 0.2) is 35.4 Å². The minimum absolute atomic E-state index is 0.0477. The molecule has 0 radical (unpaired) electrons. The minimum atomic E-state index is -0.510. The molecule has 0 atom stereocenters. The van der Waals surface area contributed by atoms with Gasteiger partial charge >= 0.3 is 0 Å². The lowest BCUT2D eigenvalue weighted by molar-refractivity contribution is 0.0949. The number of aryl methyl sites for hydroxylation is 2. The Morgan fingerprint density at radius 1 is 1.25 bits per heavy atom. The molecule has 0 saturated heterocycles. The van der Waals surface area contributed by atoms with E-state index in [0.717, 1.165) is 17.0 Å². The van der Waals surface area contributed by atoms with Crippen LogP contribution in [0, 0.1) is 13.8 Å². The zero-order valence-electron chi connectivity index (χ0n) is 13.3. The summed E-state index contributed by atoms with van der Waals surface area (Å²) in [7, 11) is 0. The molecule has 0 unspecified atom stereocenters. The molecule has 0 aliphatic rings. The molecule has 0 spiro atoms. The minimum Gasteiger partial charge on any atom is -0.348 e. The zero-order valence-corrected chi connectivity index (χ0v) is 13.3. The molecule has 0 aliphatic heterocycles. The average Bonchev–Trinajstić information content (AvgIpc) is 2.91. The van der Waals surface area contributed by atoms with Crippen molar-refractivity contribution in [1.82, 2.24) is 30.5 Å². The summed E-state index contributed by atoms with van der Waals surface area (Å²) in [6.45, 7) is 4.01. The van der Waals surface area contributed by atoms with Crippen LogP contribution in [-0.4, -0.2) is 31.1 Å². The third kappa shape index (κ3) is 3.07. The van der Waals surface area contributed by atoms with Crippen LogP contribution in [-0.2, 0) is 6.54 Å². The first kappa shape index (κ1) is 15.6. The zero-order chi connectivity index (χ0) is 17.1. The van der Waals surface area contributed by atoms with Crippen molar-refractivity contribution < 1.29 is 4.79 Å². The second kappa shape index (κ2) is 6.45. The Bertz CT molecular complexity index is 910. The molecule has 3 rings (SSSR count). The van der Waals surface area contributed by atoms with E-state index in [1.54, 1.807) is 24.4 Å². The van der Waals surface area contributed by atoms with Gasteiger partial charge in [0.15, 0.2) is 5.82 Å². The van der Waals surface area contributed by atoms with Crippen LogP contribution in [0.3, 0.4) is 0 Å². The number of nitrogens with zero attached hydrogens (tertiary/aromatic N) is 3. The number of pyridine rings is 1. The lowest BCUT2D eigenvalue weighted by Gasteiger charge is -2.06. The van der Waals surface area contributed by atoms with E-state index in [1.807, 2.05) is 13.8 Å². The Balaban J connectivity index is 1.77. The van der Waals surface area contributed by atoms with Gasteiger partial charge in [-0.1, -0.05) is 6.07 Å². The summed E-state index contributed by atoms with van der Waals surface area (Å²) in [5.74, 6) is -0.171. The standard InChI is InChI=1S/C16H16N6O2/c1-9-11(10(2)22-21-9)7-19-15(23)12-8-18-14(20-16(12)24)13-5-3-4-6-17-13/h3-6,8H,7H2,1-2H3,(H,19,23)(H,21,22)(H,18,20,24). The molecule has 1 amide bonds. The molecule has 8 nitrogen and oxygen atoms in total. The van der Waals surface area contributed by atoms with E-state index in [4.69, 9.17) is 0 Å². The van der Waals surface area contributed by atoms with Crippen LogP contribution in [0.2, 0.25) is 0 Å². The number of hydrogen-bond donors (Lipinski definition) is 3. The van der Waals surface area contributed by atoms with E-state index in [0.29, 0.717) is 11.5 Å². The van der Waals surface area contributed by atoms with E-state index in [9.17, 15) is 9.59 Å². The summed E-state index contributed by atoms with van der Waals surface area (Å²) in [4.78, 5) is 35.2. The first-order valence-electron chi connectivity index (χ1n) is 7.35. The third-order valence-corrected chi connectivity index (χ3v) is 3.66. The summed E-state index contributed by atoms with van der Waals surface area (Å²) >= 11 is 0. The van der Waals surface area contributed by atoms with E-state index < -0.39 is 11.5 Å². The molecule has 8 heteroatoms. The van der Waals surface area contributed by atoms with Crippen LogP contribution in [0.4, 0.5) is 0 Å². The fraction of sp³-hybridized carbons (Fsp3) is 0.188. The van der Waals surface area contributed by atoms with Crippen molar-refractivity contribution in [3.05, 3.63) is 63.5 Å². The highest BCUT2D eigenvalue weighted by Gasteiger charge is 2.14. The number of aromatic amines is 2. The van der Waals surface area contributed by atoms with Crippen LogP contribution < -0.4 is 10.9 Å². The van der Waals surface area contributed by atoms with Crippen LogP contribution in [0.25, 0.3) is 11.5 Å². The molecule has 24 heavy (non-hydrogen) atoms. The Hall–Kier alpha value is -3.29. The Kier molecular flexibility index (Phi) is 4.19. The maximum atomic E-state index is 12.2. The van der Waals surface area contributed by atoms with E-state index in [-0.39, 0.29) is 12.1 Å². The summed E-state index contributed by atoms with van der Waals surface area (Å²) in [5.41, 5.74) is 2.57. The molecule has 122 valence electrons. The lowest BCUT2D eigenvalue weighted by atomic mass is 10.2. The van der Waals surface area contributed by atoms with Crippen LogP contribution in [0.5, 0.6) is 0 Å². The quantitative estimate of drug-likeness (QED) is 0.664. The highest BCUT2D eigenvalue weighted by atomic mass is 16.2. The van der Waals surface area contributed by atoms with Gasteiger partial charge in [-0.05, 0) is 26.0 Å². The molecule has 0 saturated carbocycles. The summed E-state index contributed by atoms with van der Waals surface area (Å²) in [5, 5.41) is 9.62. The van der Waals surface area contributed by atoms with Crippen molar-refractivity contribution in [1.29, 1.82) is 0 Å². The number of nitrogens with one attached hydrogen (secondary N) is 3. The molecular formula is C16H16N6O2. The number of hydrogen-bond acceptors (Lipinski definition) is 5. The molecule has 0 aromatic carbocycles. The van der Waals surface area contributed by atoms with Gasteiger partial charge < -0.3 is 10.3 Å². The maximum Gasteiger partial charge on any atom is 0.264 e. The first-order valence-corrected chi connectivity index (χ1v) is 7.35. The van der Waals surface area contributed by atoms with Gasteiger partial charge in [0.25, 0.3) is 11.5 Å². The van der Waals surface area contributed by atoms with E-state index in [1.165, 1.54) is 6.20 Å². The molecule has 3 aromatic rings. The van der Waals surface area contributed by atoms with Gasteiger partial charge in [0, 0.05) is 30.2 Å². The Labute approximate surface area is 137 Å². The number of carbonyl (C=O) groups excluding carboxylic acids is 1. The fourth-order valence-electron chi connectivity index (χ4n) is 2.29. The summed E-state index contributed by atoms with van der Waals surface area (Å²) in [6, 6.07) is 5.28. The molecular weight excluding hydrogens is 308 g/mol. The van der Waals surface area contributed by atoms with Gasteiger partial charge in [0.1, 0.15) is 11.3 Å². The van der Waals surface area contributed by atoms with E-state index >= 15 is 0 Å². The van der Waals surface area contributed by atoms with Crippen LogP contribution >= 0.6 is 0 Å². The Morgan fingerprint density at radius 3 is 2.71 bits per heavy atom. The van der Waals surface area contributed by atoms with Gasteiger partial charge in [-0.25, -0.2) is 4.98 Å². The number of H-pyrrole nitrogens is 2. The smallest absolute Gasteiger partial charge is 0.264 e. The summed E-state index contributed by atoms with van der Waals surface area (Å²) in [6.07, 6.45) is 2.86. The van der Waals surface area contributed by atoms with Gasteiger partial charge in [-0.2, -0.15) is 5.10 Å². The largest absolute Gasteiger partial charge is 0.348 e. The van der Waals surface area contributed by atoms with Gasteiger partial charge in [-0.3, -0.25) is 19.7 Å². The van der Waals surface area contributed by atoms with Crippen molar-refractivity contribution in [2.45, 2.75) is 20.4 Å². The van der Waals surface area contributed by atoms with Gasteiger partial charge in [0.2, 0.25) is 0 Å². The number of rotatable bonds is 4. The predicted octanol–water partition coefficient (Wildman–Crippen LogP) is 1.10. The van der Waals surface area contributed by atoms with Crippen molar-refractivity contribution in [2.24, 2.45) is 0 Å². The Morgan fingerprint density at radius 2 is 2.08 bits per heavy atom. The lowest BCUT2D eigenvalue weighted by Crippen LogP contribution is -2.30. The molecule has 0 fully saturated rings. The number of amides is 1. The second-order valence-electron chi connectivity index (χ2n) is 5.28. The first-order chi connectivity index (χ1) is 11.6. The second-order valence-corrected chi connectivity index (χ2v) is 5.28. The van der Waals surface area contributed by atoms with Crippen molar-refractivity contribution in [2.75, 3.05) is 0 Å². The normalized spacial score (nSPS) is 10.6. The molecule has 0 aliphatic carbocycles. The summed E-state index contributed by atoms with van der Waals surface area (Å²) < 4.78 is 0. The van der Waals surface area contributed by atoms with Crippen molar-refractivity contribution in [3.8, 4) is 11.5 Å². The monoisotopic (exact) mass is 324 g/mol. The fourth-order valence-corrected chi connectivity index (χ4v) is 2.29. The van der Waals surface area contributed by atoms with Gasteiger partial charge in [-0.15, -0.1) is 0 Å².